The summed E-state index contributed by atoms with van der Waals surface area (Å²) in [7, 11) is 0. The zero-order valence-corrected chi connectivity index (χ0v) is 13.4. The number of aromatic nitrogens is 3. The summed E-state index contributed by atoms with van der Waals surface area (Å²) >= 11 is 6.00. The monoisotopic (exact) mass is 333 g/mol. The van der Waals surface area contributed by atoms with Crippen LogP contribution in [-0.4, -0.2) is 45.6 Å². The van der Waals surface area contributed by atoms with Gasteiger partial charge in [0.2, 0.25) is 5.91 Å². The molecule has 7 nitrogen and oxygen atoms in total. The summed E-state index contributed by atoms with van der Waals surface area (Å²) in [6, 6.07) is 3.84. The maximum atomic E-state index is 12.4. The molecule has 0 spiro atoms. The Bertz CT molecular complexity index is 791. The molecule has 2 aromatic heterocycles. The van der Waals surface area contributed by atoms with Gasteiger partial charge in [-0.25, -0.2) is 5.10 Å². The van der Waals surface area contributed by atoms with Crippen LogP contribution in [-0.2, 0) is 11.3 Å². The van der Waals surface area contributed by atoms with Crippen molar-refractivity contribution >= 4 is 23.2 Å². The van der Waals surface area contributed by atoms with E-state index in [9.17, 15) is 9.59 Å². The lowest BCUT2D eigenvalue weighted by molar-refractivity contribution is -0.131. The summed E-state index contributed by atoms with van der Waals surface area (Å²) in [4.78, 5) is 31.7. The summed E-state index contributed by atoms with van der Waals surface area (Å²) in [5, 5.41) is 6.08. The first-order valence-electron chi connectivity index (χ1n) is 7.22. The zero-order chi connectivity index (χ0) is 16.4. The Kier molecular flexibility index (Phi) is 4.29. The number of aryl methyl sites for hydroxylation is 1. The van der Waals surface area contributed by atoms with Crippen molar-refractivity contribution in [3.8, 4) is 0 Å². The van der Waals surface area contributed by atoms with Crippen LogP contribution in [0.5, 0.6) is 0 Å². The molecule has 120 valence electrons. The number of carbonyl (C=O) groups is 1. The number of anilines is 1. The van der Waals surface area contributed by atoms with E-state index in [4.69, 9.17) is 11.6 Å². The minimum Gasteiger partial charge on any atom is -0.358 e. The number of hydrogen-bond donors (Lipinski definition) is 1. The molecule has 0 bridgehead atoms. The maximum absolute atomic E-state index is 12.4. The van der Waals surface area contributed by atoms with E-state index in [2.05, 4.69) is 15.2 Å². The van der Waals surface area contributed by atoms with E-state index in [-0.39, 0.29) is 17.5 Å². The van der Waals surface area contributed by atoms with Gasteiger partial charge in [-0.15, -0.1) is 0 Å². The van der Waals surface area contributed by atoms with Crippen LogP contribution in [0.1, 0.15) is 11.3 Å². The number of nitrogens with zero attached hydrogens (tertiary/aromatic N) is 4. The van der Waals surface area contributed by atoms with Crippen molar-refractivity contribution in [1.82, 2.24) is 20.1 Å². The lowest BCUT2D eigenvalue weighted by atomic mass is 10.1. The Labute approximate surface area is 137 Å². The molecule has 3 heterocycles. The molecular weight excluding hydrogens is 318 g/mol. The summed E-state index contributed by atoms with van der Waals surface area (Å²) in [6.07, 6.45) is 3.21. The second kappa shape index (κ2) is 6.37. The van der Waals surface area contributed by atoms with Gasteiger partial charge in [0, 0.05) is 31.5 Å². The van der Waals surface area contributed by atoms with Crippen molar-refractivity contribution in [2.45, 2.75) is 13.5 Å². The molecule has 3 rings (SSSR count). The average Bonchev–Trinajstić information content (AvgIpc) is 2.54. The summed E-state index contributed by atoms with van der Waals surface area (Å²) in [6.45, 7) is 3.78. The number of hydrogen-bond acceptors (Lipinski definition) is 5. The molecule has 1 N–H and O–H groups in total. The lowest BCUT2D eigenvalue weighted by Gasteiger charge is -2.35. The van der Waals surface area contributed by atoms with E-state index < -0.39 is 5.56 Å². The van der Waals surface area contributed by atoms with Crippen LogP contribution >= 0.6 is 11.6 Å². The van der Waals surface area contributed by atoms with Crippen molar-refractivity contribution < 1.29 is 4.79 Å². The fraction of sp³-hybridized carbons (Fsp3) is 0.333. The lowest BCUT2D eigenvalue weighted by Crippen LogP contribution is -2.50. The smallest absolute Gasteiger partial charge is 0.285 e. The van der Waals surface area contributed by atoms with E-state index in [1.54, 1.807) is 16.0 Å². The Hall–Kier alpha value is -2.41. The average molecular weight is 334 g/mol. The van der Waals surface area contributed by atoms with E-state index in [1.807, 2.05) is 19.1 Å². The van der Waals surface area contributed by atoms with Gasteiger partial charge >= 0.3 is 0 Å². The number of aromatic amines is 1. The summed E-state index contributed by atoms with van der Waals surface area (Å²) < 4.78 is 0. The third-order valence-corrected chi connectivity index (χ3v) is 4.28. The number of piperazine rings is 1. The van der Waals surface area contributed by atoms with Gasteiger partial charge in [0.25, 0.3) is 5.56 Å². The molecule has 1 amide bonds. The predicted octanol–water partition coefficient (Wildman–Crippen LogP) is 0.976. The molecule has 23 heavy (non-hydrogen) atoms. The molecule has 2 aromatic rings. The van der Waals surface area contributed by atoms with Crippen LogP contribution in [0.4, 0.5) is 5.69 Å². The number of amides is 1. The van der Waals surface area contributed by atoms with Crippen LogP contribution in [0, 0.1) is 6.92 Å². The molecule has 0 atom stereocenters. The molecule has 0 saturated carbocycles. The minimum atomic E-state index is -0.454. The third-order valence-electron chi connectivity index (χ3n) is 3.91. The molecule has 1 aliphatic heterocycles. The van der Waals surface area contributed by atoms with Gasteiger partial charge in [-0.2, -0.15) is 5.10 Å². The highest BCUT2D eigenvalue weighted by atomic mass is 35.5. The zero-order valence-electron chi connectivity index (χ0n) is 12.6. The largest absolute Gasteiger partial charge is 0.358 e. The topological polar surface area (TPSA) is 82.2 Å². The normalized spacial score (nSPS) is 15.1. The van der Waals surface area contributed by atoms with Crippen molar-refractivity contribution in [3.05, 3.63) is 51.2 Å². The molecule has 1 fully saturated rings. The highest BCUT2D eigenvalue weighted by molar-refractivity contribution is 6.33. The van der Waals surface area contributed by atoms with Crippen molar-refractivity contribution in [1.29, 1.82) is 0 Å². The fourth-order valence-electron chi connectivity index (χ4n) is 2.57. The molecule has 0 aromatic carbocycles. The van der Waals surface area contributed by atoms with E-state index in [0.29, 0.717) is 25.3 Å². The molecule has 0 aliphatic carbocycles. The molecule has 0 radical (unpaired) electrons. The van der Waals surface area contributed by atoms with Gasteiger partial charge in [-0.05, 0) is 18.6 Å². The maximum Gasteiger partial charge on any atom is 0.285 e. The van der Waals surface area contributed by atoms with Crippen molar-refractivity contribution in [2.75, 3.05) is 24.5 Å². The Balaban J connectivity index is 1.73. The first-order valence-corrected chi connectivity index (χ1v) is 7.60. The highest BCUT2D eigenvalue weighted by Crippen LogP contribution is 2.22. The molecule has 1 saturated heterocycles. The molecule has 8 heteroatoms. The number of carbonyl (C=O) groups excluding carboxylic acids is 1. The van der Waals surface area contributed by atoms with Crippen LogP contribution < -0.4 is 10.5 Å². The Morgan fingerprint density at radius 2 is 2.17 bits per heavy atom. The minimum absolute atomic E-state index is 0.0177. The number of nitrogens with one attached hydrogen (secondary N) is 1. The summed E-state index contributed by atoms with van der Waals surface area (Å²) in [5.74, 6) is -0.0177. The number of pyridine rings is 1. The van der Waals surface area contributed by atoms with Gasteiger partial charge in [-0.3, -0.25) is 14.6 Å². The first kappa shape index (κ1) is 15.5. The third kappa shape index (κ3) is 3.19. The van der Waals surface area contributed by atoms with Gasteiger partial charge in [0.05, 0.1) is 18.4 Å². The van der Waals surface area contributed by atoms with Crippen LogP contribution in [0.25, 0.3) is 0 Å². The van der Waals surface area contributed by atoms with Crippen LogP contribution in [0.15, 0.2) is 29.3 Å². The number of halogens is 1. The van der Waals surface area contributed by atoms with Crippen LogP contribution in [0.3, 0.4) is 0 Å². The standard InChI is InChI=1S/C15H16ClN5O2/c1-10-11(3-2-4-17-10)8-21-6-5-20(9-13(21)22)12-7-18-19-15(23)14(12)16/h2-4,7H,5-6,8-9H2,1H3,(H,19,23). The molecule has 0 unspecified atom stereocenters. The second-order valence-electron chi connectivity index (χ2n) is 5.38. The van der Waals surface area contributed by atoms with Gasteiger partial charge in [-0.1, -0.05) is 17.7 Å². The Morgan fingerprint density at radius 1 is 1.35 bits per heavy atom. The predicted molar refractivity (Wildman–Crippen MR) is 86.5 cm³/mol. The number of rotatable bonds is 3. The van der Waals surface area contributed by atoms with Crippen molar-refractivity contribution in [3.63, 3.8) is 0 Å². The summed E-state index contributed by atoms with van der Waals surface area (Å²) in [5.41, 5.74) is 1.99. The fourth-order valence-corrected chi connectivity index (χ4v) is 2.78. The van der Waals surface area contributed by atoms with Gasteiger partial charge < -0.3 is 9.80 Å². The van der Waals surface area contributed by atoms with Gasteiger partial charge in [0.1, 0.15) is 5.02 Å². The Morgan fingerprint density at radius 3 is 2.91 bits per heavy atom. The van der Waals surface area contributed by atoms with Crippen molar-refractivity contribution in [2.24, 2.45) is 0 Å². The number of H-pyrrole nitrogens is 1. The highest BCUT2D eigenvalue weighted by Gasteiger charge is 2.26. The van der Waals surface area contributed by atoms with Crippen LogP contribution in [0.2, 0.25) is 5.02 Å². The van der Waals surface area contributed by atoms with E-state index >= 15 is 0 Å². The molecular formula is C15H16ClN5O2. The second-order valence-corrected chi connectivity index (χ2v) is 5.76. The SMILES string of the molecule is Cc1ncccc1CN1CCN(c2cn[nH]c(=O)c2Cl)CC1=O. The molecule has 1 aliphatic rings. The van der Waals surface area contributed by atoms with Gasteiger partial charge in [0.15, 0.2) is 0 Å². The first-order chi connectivity index (χ1) is 11.1. The quantitative estimate of drug-likeness (QED) is 0.905. The van der Waals surface area contributed by atoms with E-state index in [0.717, 1.165) is 11.3 Å². The van der Waals surface area contributed by atoms with E-state index in [1.165, 1.54) is 6.20 Å².